The molecule has 0 saturated heterocycles. The van der Waals surface area contributed by atoms with Crippen LogP contribution in [0, 0.1) is 17.2 Å². The summed E-state index contributed by atoms with van der Waals surface area (Å²) in [6.45, 7) is -0.271. The molecule has 1 N–H and O–H groups in total. The molecule has 0 spiro atoms. The second-order valence-electron chi connectivity index (χ2n) is 6.30. The first kappa shape index (κ1) is 15.8. The standard InChI is InChI=1S/C16H24N2O3/c17-12-16(9-3-4-10-16)18-14(19)11-21-15(20)8-7-13-5-1-2-6-13/h13H,1-11H2,(H,18,19). The van der Waals surface area contributed by atoms with Crippen LogP contribution in [0.4, 0.5) is 0 Å². The van der Waals surface area contributed by atoms with Crippen LogP contribution in [0.3, 0.4) is 0 Å². The first-order valence-electron chi connectivity index (χ1n) is 8.01. The summed E-state index contributed by atoms with van der Waals surface area (Å²) in [5, 5.41) is 11.9. The van der Waals surface area contributed by atoms with Gasteiger partial charge >= 0.3 is 5.97 Å². The van der Waals surface area contributed by atoms with Gasteiger partial charge in [-0.05, 0) is 38.0 Å². The highest BCUT2D eigenvalue weighted by atomic mass is 16.5. The fourth-order valence-corrected chi connectivity index (χ4v) is 3.39. The maximum atomic E-state index is 11.8. The van der Waals surface area contributed by atoms with Gasteiger partial charge in [-0.25, -0.2) is 0 Å². The number of esters is 1. The predicted octanol–water partition coefficient (Wildman–Crippen LogP) is 2.45. The largest absolute Gasteiger partial charge is 0.456 e. The van der Waals surface area contributed by atoms with E-state index in [0.29, 0.717) is 25.2 Å². The van der Waals surface area contributed by atoms with E-state index >= 15 is 0 Å². The predicted molar refractivity (Wildman–Crippen MR) is 77.1 cm³/mol. The fourth-order valence-electron chi connectivity index (χ4n) is 3.39. The summed E-state index contributed by atoms with van der Waals surface area (Å²) in [5.74, 6) is -0.0335. The molecule has 2 fully saturated rings. The average molecular weight is 292 g/mol. The summed E-state index contributed by atoms with van der Waals surface area (Å²) in [6, 6.07) is 2.19. The number of nitrogens with one attached hydrogen (secondary N) is 1. The van der Waals surface area contributed by atoms with Crippen LogP contribution < -0.4 is 5.32 Å². The molecule has 2 rings (SSSR count). The molecule has 2 aliphatic carbocycles. The van der Waals surface area contributed by atoms with Crippen LogP contribution in [0.5, 0.6) is 0 Å². The number of hydrogen-bond acceptors (Lipinski definition) is 4. The molecule has 0 unspecified atom stereocenters. The Morgan fingerprint density at radius 1 is 1.19 bits per heavy atom. The lowest BCUT2D eigenvalue weighted by Crippen LogP contribution is -2.46. The minimum absolute atomic E-state index is 0.271. The van der Waals surface area contributed by atoms with Crippen molar-refractivity contribution in [1.29, 1.82) is 5.26 Å². The van der Waals surface area contributed by atoms with Crippen molar-refractivity contribution in [2.24, 2.45) is 5.92 Å². The Kier molecular flexibility index (Phi) is 5.60. The van der Waals surface area contributed by atoms with Crippen LogP contribution in [0.1, 0.15) is 64.2 Å². The molecule has 2 aliphatic rings. The zero-order chi connectivity index (χ0) is 15.1. The zero-order valence-corrected chi connectivity index (χ0v) is 12.5. The van der Waals surface area contributed by atoms with Crippen molar-refractivity contribution >= 4 is 11.9 Å². The summed E-state index contributed by atoms with van der Waals surface area (Å²) >= 11 is 0. The van der Waals surface area contributed by atoms with Crippen LogP contribution in [0.15, 0.2) is 0 Å². The lowest BCUT2D eigenvalue weighted by atomic mass is 10.00. The first-order chi connectivity index (χ1) is 10.1. The third kappa shape index (κ3) is 4.73. The molecule has 0 aromatic rings. The van der Waals surface area contributed by atoms with Gasteiger partial charge in [-0.2, -0.15) is 5.26 Å². The molecule has 5 nitrogen and oxygen atoms in total. The molecule has 0 heterocycles. The van der Waals surface area contributed by atoms with Gasteiger partial charge in [-0.3, -0.25) is 9.59 Å². The highest BCUT2D eigenvalue weighted by Gasteiger charge is 2.35. The van der Waals surface area contributed by atoms with Gasteiger partial charge in [0.25, 0.3) is 5.91 Å². The number of amides is 1. The van der Waals surface area contributed by atoms with E-state index in [1.54, 1.807) is 0 Å². The van der Waals surface area contributed by atoms with E-state index in [1.165, 1.54) is 25.7 Å². The SMILES string of the molecule is N#CC1(NC(=O)COC(=O)CCC2CCCC2)CCCC1. The van der Waals surface area contributed by atoms with E-state index < -0.39 is 5.54 Å². The zero-order valence-electron chi connectivity index (χ0n) is 12.5. The average Bonchev–Trinajstić information content (AvgIpc) is 3.15. The molecular formula is C16H24N2O3. The Morgan fingerprint density at radius 3 is 2.48 bits per heavy atom. The van der Waals surface area contributed by atoms with Crippen molar-refractivity contribution in [3.05, 3.63) is 0 Å². The third-order valence-electron chi connectivity index (χ3n) is 4.65. The highest BCUT2D eigenvalue weighted by Crippen LogP contribution is 2.29. The summed E-state index contributed by atoms with van der Waals surface area (Å²) in [7, 11) is 0. The molecule has 5 heteroatoms. The van der Waals surface area contributed by atoms with Gasteiger partial charge in [0, 0.05) is 6.42 Å². The third-order valence-corrected chi connectivity index (χ3v) is 4.65. The highest BCUT2D eigenvalue weighted by molar-refractivity contribution is 5.81. The van der Waals surface area contributed by atoms with Gasteiger partial charge in [0.15, 0.2) is 6.61 Å². The number of nitriles is 1. The quantitative estimate of drug-likeness (QED) is 0.763. The van der Waals surface area contributed by atoms with Crippen LogP contribution in [0.2, 0.25) is 0 Å². The number of carbonyl (C=O) groups is 2. The van der Waals surface area contributed by atoms with Crippen LogP contribution in [-0.4, -0.2) is 24.0 Å². The second kappa shape index (κ2) is 7.44. The normalized spacial score (nSPS) is 20.9. The molecule has 0 aromatic carbocycles. The Hall–Kier alpha value is -1.57. The van der Waals surface area contributed by atoms with Crippen molar-refractivity contribution in [2.75, 3.05) is 6.61 Å². The van der Waals surface area contributed by atoms with E-state index in [2.05, 4.69) is 11.4 Å². The molecule has 0 aliphatic heterocycles. The molecule has 21 heavy (non-hydrogen) atoms. The van der Waals surface area contributed by atoms with Crippen molar-refractivity contribution in [3.63, 3.8) is 0 Å². The summed E-state index contributed by atoms with van der Waals surface area (Å²) in [5.41, 5.74) is -0.743. The van der Waals surface area contributed by atoms with Gasteiger partial charge in [0.2, 0.25) is 0 Å². The molecule has 0 bridgehead atoms. The Morgan fingerprint density at radius 2 is 1.86 bits per heavy atom. The lowest BCUT2D eigenvalue weighted by molar-refractivity contribution is -0.149. The van der Waals surface area contributed by atoms with E-state index in [9.17, 15) is 14.9 Å². The molecule has 2 saturated carbocycles. The van der Waals surface area contributed by atoms with Crippen molar-refractivity contribution < 1.29 is 14.3 Å². The number of ether oxygens (including phenoxy) is 1. The maximum Gasteiger partial charge on any atom is 0.306 e. The Balaban J connectivity index is 1.64. The van der Waals surface area contributed by atoms with E-state index in [0.717, 1.165) is 19.3 Å². The van der Waals surface area contributed by atoms with Crippen molar-refractivity contribution in [1.82, 2.24) is 5.32 Å². The second-order valence-corrected chi connectivity index (χ2v) is 6.30. The number of hydrogen-bond donors (Lipinski definition) is 1. The van der Waals surface area contributed by atoms with E-state index in [4.69, 9.17) is 4.74 Å². The summed E-state index contributed by atoms with van der Waals surface area (Å²) in [6.07, 6.45) is 9.47. The smallest absolute Gasteiger partial charge is 0.306 e. The number of carbonyl (C=O) groups excluding carboxylic acids is 2. The van der Waals surface area contributed by atoms with Crippen LogP contribution in [0.25, 0.3) is 0 Å². The van der Waals surface area contributed by atoms with Gasteiger partial charge in [0.1, 0.15) is 5.54 Å². The van der Waals surface area contributed by atoms with E-state index in [1.807, 2.05) is 0 Å². The fraction of sp³-hybridized carbons (Fsp3) is 0.812. The van der Waals surface area contributed by atoms with Crippen molar-refractivity contribution in [2.45, 2.75) is 69.7 Å². The molecule has 0 radical (unpaired) electrons. The summed E-state index contributed by atoms with van der Waals surface area (Å²) < 4.78 is 5.00. The first-order valence-corrected chi connectivity index (χ1v) is 8.01. The van der Waals surface area contributed by atoms with Gasteiger partial charge in [-0.15, -0.1) is 0 Å². The number of nitrogens with zero attached hydrogens (tertiary/aromatic N) is 1. The molecular weight excluding hydrogens is 268 g/mol. The van der Waals surface area contributed by atoms with Crippen LogP contribution >= 0.6 is 0 Å². The van der Waals surface area contributed by atoms with Crippen LogP contribution in [-0.2, 0) is 14.3 Å². The minimum Gasteiger partial charge on any atom is -0.456 e. The Bertz CT molecular complexity index is 416. The molecule has 1 amide bonds. The van der Waals surface area contributed by atoms with Gasteiger partial charge in [0.05, 0.1) is 6.07 Å². The van der Waals surface area contributed by atoms with Gasteiger partial charge < -0.3 is 10.1 Å². The van der Waals surface area contributed by atoms with E-state index in [-0.39, 0.29) is 18.5 Å². The lowest BCUT2D eigenvalue weighted by Gasteiger charge is -2.21. The molecule has 0 atom stereocenters. The minimum atomic E-state index is -0.743. The summed E-state index contributed by atoms with van der Waals surface area (Å²) in [4.78, 5) is 23.4. The molecule has 116 valence electrons. The Labute approximate surface area is 126 Å². The maximum absolute atomic E-state index is 11.8. The topological polar surface area (TPSA) is 79.2 Å². The van der Waals surface area contributed by atoms with Crippen molar-refractivity contribution in [3.8, 4) is 6.07 Å². The number of rotatable bonds is 6. The van der Waals surface area contributed by atoms with Gasteiger partial charge in [-0.1, -0.05) is 25.7 Å². The monoisotopic (exact) mass is 292 g/mol. The molecule has 0 aromatic heterocycles.